The zero-order valence-corrected chi connectivity index (χ0v) is 9.71. The summed E-state index contributed by atoms with van der Waals surface area (Å²) in [4.78, 5) is 4.21. The first kappa shape index (κ1) is 10.7. The van der Waals surface area contributed by atoms with Crippen LogP contribution >= 0.6 is 0 Å². The third-order valence-electron chi connectivity index (χ3n) is 3.27. The number of benzene rings is 1. The van der Waals surface area contributed by atoms with Gasteiger partial charge in [-0.15, -0.1) is 0 Å². The van der Waals surface area contributed by atoms with Gasteiger partial charge in [0.1, 0.15) is 11.5 Å². The number of halogens is 2. The second-order valence-corrected chi connectivity index (χ2v) is 5.10. The van der Waals surface area contributed by atoms with Crippen LogP contribution in [0, 0.1) is 5.92 Å². The lowest BCUT2D eigenvalue weighted by atomic mass is 9.95. The first-order chi connectivity index (χ1) is 7.90. The van der Waals surface area contributed by atoms with E-state index in [1.165, 1.54) is 0 Å². The molecule has 1 fully saturated rings. The molecule has 4 heteroatoms. The van der Waals surface area contributed by atoms with Crippen molar-refractivity contribution in [2.75, 3.05) is 0 Å². The van der Waals surface area contributed by atoms with E-state index in [2.05, 4.69) is 4.99 Å². The van der Waals surface area contributed by atoms with Gasteiger partial charge in [0.15, 0.2) is 5.90 Å². The van der Waals surface area contributed by atoms with E-state index in [1.54, 1.807) is 0 Å². The Kier molecular flexibility index (Phi) is 1.92. The summed E-state index contributed by atoms with van der Waals surface area (Å²) in [6, 6.07) is 7.50. The molecule has 0 spiro atoms. The van der Waals surface area contributed by atoms with Crippen molar-refractivity contribution in [1.82, 2.24) is 0 Å². The van der Waals surface area contributed by atoms with Gasteiger partial charge in [0.05, 0.1) is 5.69 Å². The molecule has 2 aliphatic rings. The van der Waals surface area contributed by atoms with Crippen LogP contribution in [0.2, 0.25) is 0 Å². The molecule has 3 rings (SSSR count). The second-order valence-electron chi connectivity index (χ2n) is 5.10. The molecule has 1 unspecified atom stereocenters. The van der Waals surface area contributed by atoms with Crippen LogP contribution in [0.5, 0.6) is 0 Å². The molecule has 1 aliphatic heterocycles. The molecule has 0 N–H and O–H groups in total. The molecule has 90 valence electrons. The van der Waals surface area contributed by atoms with Crippen molar-refractivity contribution in [3.63, 3.8) is 0 Å². The van der Waals surface area contributed by atoms with E-state index in [0.29, 0.717) is 0 Å². The number of ether oxygens (including phenoxy) is 1. The number of hydrogen-bond acceptors (Lipinski definition) is 2. The highest BCUT2D eigenvalue weighted by Gasteiger charge is 2.62. The Morgan fingerprint density at radius 1 is 1.29 bits per heavy atom. The first-order valence-corrected chi connectivity index (χ1v) is 5.65. The molecular weight excluding hydrogens is 224 g/mol. The summed E-state index contributed by atoms with van der Waals surface area (Å²) in [5, 5.41) is 0. The lowest BCUT2D eigenvalue weighted by molar-refractivity contribution is 0.0666. The highest BCUT2D eigenvalue weighted by Crippen LogP contribution is 2.52. The van der Waals surface area contributed by atoms with Crippen molar-refractivity contribution >= 4 is 11.6 Å². The van der Waals surface area contributed by atoms with Crippen molar-refractivity contribution in [3.05, 3.63) is 29.8 Å². The van der Waals surface area contributed by atoms with Gasteiger partial charge in [0.25, 0.3) is 5.92 Å². The van der Waals surface area contributed by atoms with E-state index < -0.39 is 17.4 Å². The Bertz CT molecular complexity index is 508. The minimum atomic E-state index is -2.64. The number of fused-ring (bicyclic) bond motifs is 1. The maximum absolute atomic E-state index is 13.0. The Morgan fingerprint density at radius 2 is 1.94 bits per heavy atom. The maximum atomic E-state index is 13.0. The average molecular weight is 237 g/mol. The molecule has 2 nitrogen and oxygen atoms in total. The van der Waals surface area contributed by atoms with Gasteiger partial charge in [-0.05, 0) is 19.9 Å². The predicted octanol–water partition coefficient (Wildman–Crippen LogP) is 3.64. The van der Waals surface area contributed by atoms with Gasteiger partial charge in [-0.25, -0.2) is 13.8 Å². The molecule has 1 aliphatic carbocycles. The molecule has 0 amide bonds. The molecule has 0 saturated heterocycles. The van der Waals surface area contributed by atoms with Gasteiger partial charge in [-0.2, -0.15) is 0 Å². The Morgan fingerprint density at radius 3 is 2.59 bits per heavy atom. The standard InChI is InChI=1S/C13H13F2NO/c1-12(2)8-5-3-4-6-10(8)16-11(17-12)9-7-13(9,14)15/h3-6,9H,7H2,1-2H3. The summed E-state index contributed by atoms with van der Waals surface area (Å²) in [5.74, 6) is -3.30. The normalized spacial score (nSPS) is 27.8. The summed E-state index contributed by atoms with van der Waals surface area (Å²) >= 11 is 0. The Labute approximate surface area is 98.3 Å². The number of aliphatic imine (C=N–C) groups is 1. The zero-order chi connectivity index (χ0) is 12.3. The molecule has 0 radical (unpaired) electrons. The highest BCUT2D eigenvalue weighted by molar-refractivity contribution is 5.87. The van der Waals surface area contributed by atoms with E-state index in [9.17, 15) is 8.78 Å². The van der Waals surface area contributed by atoms with Crippen LogP contribution in [0.15, 0.2) is 29.3 Å². The van der Waals surface area contributed by atoms with Gasteiger partial charge in [0, 0.05) is 12.0 Å². The lowest BCUT2D eigenvalue weighted by Gasteiger charge is -2.32. The molecule has 17 heavy (non-hydrogen) atoms. The fourth-order valence-electron chi connectivity index (χ4n) is 2.17. The van der Waals surface area contributed by atoms with Gasteiger partial charge >= 0.3 is 0 Å². The van der Waals surface area contributed by atoms with Crippen LogP contribution in [0.25, 0.3) is 0 Å². The van der Waals surface area contributed by atoms with E-state index >= 15 is 0 Å². The summed E-state index contributed by atoms with van der Waals surface area (Å²) in [6.45, 7) is 3.75. The molecule has 0 aromatic heterocycles. The molecule has 1 aromatic carbocycles. The SMILES string of the molecule is CC1(C)OC(C2CC2(F)F)=Nc2ccccc21. The Hall–Kier alpha value is -1.45. The van der Waals surface area contributed by atoms with Crippen LogP contribution in [0.1, 0.15) is 25.8 Å². The van der Waals surface area contributed by atoms with Crippen molar-refractivity contribution in [2.45, 2.75) is 31.8 Å². The smallest absolute Gasteiger partial charge is 0.260 e. The minimum Gasteiger partial charge on any atom is -0.469 e. The van der Waals surface area contributed by atoms with E-state index in [-0.39, 0.29) is 12.3 Å². The predicted molar refractivity (Wildman–Crippen MR) is 60.7 cm³/mol. The fourth-order valence-corrected chi connectivity index (χ4v) is 2.17. The topological polar surface area (TPSA) is 21.6 Å². The van der Waals surface area contributed by atoms with E-state index in [4.69, 9.17) is 4.74 Å². The molecule has 1 saturated carbocycles. The van der Waals surface area contributed by atoms with Crippen LogP contribution in [0.4, 0.5) is 14.5 Å². The minimum absolute atomic E-state index is 0.149. The maximum Gasteiger partial charge on any atom is 0.260 e. The van der Waals surface area contributed by atoms with Crippen molar-refractivity contribution in [3.8, 4) is 0 Å². The van der Waals surface area contributed by atoms with Crippen LogP contribution in [-0.2, 0) is 10.3 Å². The van der Waals surface area contributed by atoms with Crippen molar-refractivity contribution in [1.29, 1.82) is 0 Å². The summed E-state index contributed by atoms with van der Waals surface area (Å²) in [5.41, 5.74) is 1.08. The number of alkyl halides is 2. The molecular formula is C13H13F2NO. The van der Waals surface area contributed by atoms with Gasteiger partial charge in [-0.1, -0.05) is 18.2 Å². The Balaban J connectivity index is 2.04. The molecule has 1 heterocycles. The van der Waals surface area contributed by atoms with Crippen molar-refractivity contribution in [2.24, 2.45) is 10.9 Å². The third kappa shape index (κ3) is 1.63. The number of para-hydroxylation sites is 1. The lowest BCUT2D eigenvalue weighted by Crippen LogP contribution is -2.30. The molecule has 1 atom stereocenters. The quantitative estimate of drug-likeness (QED) is 0.730. The average Bonchev–Trinajstić information content (AvgIpc) is 2.87. The van der Waals surface area contributed by atoms with E-state index in [0.717, 1.165) is 11.3 Å². The molecule has 1 aromatic rings. The first-order valence-electron chi connectivity index (χ1n) is 5.65. The van der Waals surface area contributed by atoms with Crippen LogP contribution in [-0.4, -0.2) is 11.8 Å². The second kappa shape index (κ2) is 3.06. The van der Waals surface area contributed by atoms with Gasteiger partial charge in [-0.3, -0.25) is 0 Å². The summed E-state index contributed by atoms with van der Waals surface area (Å²) in [6.07, 6.45) is -0.149. The summed E-state index contributed by atoms with van der Waals surface area (Å²) in [7, 11) is 0. The largest absolute Gasteiger partial charge is 0.469 e. The van der Waals surface area contributed by atoms with Crippen LogP contribution < -0.4 is 0 Å². The third-order valence-corrected chi connectivity index (χ3v) is 3.27. The number of nitrogens with zero attached hydrogens (tertiary/aromatic N) is 1. The highest BCUT2D eigenvalue weighted by atomic mass is 19.3. The molecule has 0 bridgehead atoms. The zero-order valence-electron chi connectivity index (χ0n) is 9.71. The van der Waals surface area contributed by atoms with Gasteiger partial charge in [0.2, 0.25) is 0 Å². The fraction of sp³-hybridized carbons (Fsp3) is 0.462. The number of rotatable bonds is 1. The van der Waals surface area contributed by atoms with E-state index in [1.807, 2.05) is 38.1 Å². The van der Waals surface area contributed by atoms with Crippen LogP contribution in [0.3, 0.4) is 0 Å². The van der Waals surface area contributed by atoms with Gasteiger partial charge < -0.3 is 4.74 Å². The van der Waals surface area contributed by atoms with Crippen molar-refractivity contribution < 1.29 is 13.5 Å². The number of hydrogen-bond donors (Lipinski definition) is 0. The monoisotopic (exact) mass is 237 g/mol. The summed E-state index contributed by atoms with van der Waals surface area (Å²) < 4.78 is 31.7.